The molecule has 20 heavy (non-hydrogen) atoms. The van der Waals surface area contributed by atoms with Gasteiger partial charge in [0.2, 0.25) is 0 Å². The largest absolute Gasteiger partial charge is 0.384 e. The molecule has 0 saturated carbocycles. The van der Waals surface area contributed by atoms with Crippen molar-refractivity contribution < 1.29 is 0 Å². The maximum atomic E-state index is 6.52. The van der Waals surface area contributed by atoms with E-state index in [4.69, 9.17) is 23.2 Å². The van der Waals surface area contributed by atoms with Gasteiger partial charge in [-0.15, -0.1) is 0 Å². The fourth-order valence-electron chi connectivity index (χ4n) is 2.52. The molecular formula is C16H20Cl2N2. The van der Waals surface area contributed by atoms with Gasteiger partial charge in [0, 0.05) is 17.6 Å². The standard InChI is InChI=1S/C16H20Cl2N2/c1-5-7-19-15-11(6-2)10(4)20-16-12(17)8-9(3)14(18)13(15)16/h8H,5-7H2,1-4H3,(H,19,20). The lowest BCUT2D eigenvalue weighted by Gasteiger charge is -2.18. The van der Waals surface area contributed by atoms with Gasteiger partial charge in [-0.1, -0.05) is 37.0 Å². The Hall–Kier alpha value is -0.990. The first-order valence-electron chi connectivity index (χ1n) is 7.02. The summed E-state index contributed by atoms with van der Waals surface area (Å²) in [6, 6.07) is 1.88. The van der Waals surface area contributed by atoms with Crippen LogP contribution in [0.2, 0.25) is 10.0 Å². The second kappa shape index (κ2) is 6.19. The molecule has 0 radical (unpaired) electrons. The molecule has 1 heterocycles. The van der Waals surface area contributed by atoms with Crippen LogP contribution in [0.1, 0.15) is 37.1 Å². The van der Waals surface area contributed by atoms with Crippen LogP contribution < -0.4 is 5.32 Å². The SMILES string of the molecule is CCCNc1c(CC)c(C)nc2c(Cl)cc(C)c(Cl)c12. The van der Waals surface area contributed by atoms with Crippen LogP contribution in [-0.2, 0) is 6.42 Å². The topological polar surface area (TPSA) is 24.9 Å². The van der Waals surface area contributed by atoms with E-state index in [-0.39, 0.29) is 0 Å². The predicted octanol–water partition coefficient (Wildman–Crippen LogP) is 5.54. The zero-order chi connectivity index (χ0) is 14.9. The third kappa shape index (κ3) is 2.59. The van der Waals surface area contributed by atoms with E-state index in [0.29, 0.717) is 5.02 Å². The van der Waals surface area contributed by atoms with Crippen LogP contribution in [0.5, 0.6) is 0 Å². The highest BCUT2D eigenvalue weighted by molar-refractivity contribution is 6.41. The van der Waals surface area contributed by atoms with Crippen LogP contribution in [0, 0.1) is 13.8 Å². The molecule has 4 heteroatoms. The molecule has 0 aliphatic heterocycles. The van der Waals surface area contributed by atoms with E-state index in [1.165, 1.54) is 5.56 Å². The van der Waals surface area contributed by atoms with Gasteiger partial charge in [0.05, 0.1) is 21.2 Å². The molecule has 2 rings (SSSR count). The van der Waals surface area contributed by atoms with E-state index in [2.05, 4.69) is 24.1 Å². The number of aryl methyl sites for hydroxylation is 2. The van der Waals surface area contributed by atoms with Gasteiger partial charge in [0.25, 0.3) is 0 Å². The average molecular weight is 311 g/mol. The van der Waals surface area contributed by atoms with Gasteiger partial charge in [0.15, 0.2) is 0 Å². The summed E-state index contributed by atoms with van der Waals surface area (Å²) in [5, 5.41) is 5.86. The normalized spacial score (nSPS) is 11.1. The molecule has 0 aliphatic rings. The molecule has 0 saturated heterocycles. The number of nitrogens with zero attached hydrogens (tertiary/aromatic N) is 1. The van der Waals surface area contributed by atoms with Crippen molar-refractivity contribution in [1.82, 2.24) is 4.98 Å². The zero-order valence-corrected chi connectivity index (χ0v) is 13.9. The Balaban J connectivity index is 2.87. The van der Waals surface area contributed by atoms with E-state index in [9.17, 15) is 0 Å². The lowest BCUT2D eigenvalue weighted by Crippen LogP contribution is -2.07. The lowest BCUT2D eigenvalue weighted by molar-refractivity contribution is 0.968. The van der Waals surface area contributed by atoms with E-state index in [1.807, 2.05) is 19.9 Å². The first-order chi connectivity index (χ1) is 9.51. The number of anilines is 1. The minimum atomic E-state index is 0.659. The minimum Gasteiger partial charge on any atom is -0.384 e. The molecule has 0 aliphatic carbocycles. The van der Waals surface area contributed by atoms with Crippen LogP contribution in [0.15, 0.2) is 6.07 Å². The van der Waals surface area contributed by atoms with Gasteiger partial charge in [-0.25, -0.2) is 0 Å². The van der Waals surface area contributed by atoms with Crippen molar-refractivity contribution in [3.8, 4) is 0 Å². The van der Waals surface area contributed by atoms with Crippen molar-refractivity contribution in [3.05, 3.63) is 32.9 Å². The number of rotatable bonds is 4. The molecule has 2 aromatic rings. The minimum absolute atomic E-state index is 0.659. The van der Waals surface area contributed by atoms with E-state index >= 15 is 0 Å². The molecular weight excluding hydrogens is 291 g/mol. The molecule has 0 fully saturated rings. The fourth-order valence-corrected chi connectivity index (χ4v) is 3.06. The third-order valence-corrected chi connectivity index (χ3v) is 4.32. The van der Waals surface area contributed by atoms with Crippen molar-refractivity contribution in [2.45, 2.75) is 40.5 Å². The predicted molar refractivity (Wildman–Crippen MR) is 89.4 cm³/mol. The van der Waals surface area contributed by atoms with Gasteiger partial charge in [-0.2, -0.15) is 0 Å². The van der Waals surface area contributed by atoms with Crippen molar-refractivity contribution in [3.63, 3.8) is 0 Å². The second-order valence-corrected chi connectivity index (χ2v) is 5.83. The number of hydrogen-bond donors (Lipinski definition) is 1. The van der Waals surface area contributed by atoms with Crippen LogP contribution in [-0.4, -0.2) is 11.5 Å². The number of pyridine rings is 1. The van der Waals surface area contributed by atoms with Crippen LogP contribution in [0.25, 0.3) is 10.9 Å². The summed E-state index contributed by atoms with van der Waals surface area (Å²) in [6.45, 7) is 9.20. The van der Waals surface area contributed by atoms with Crippen LogP contribution >= 0.6 is 23.2 Å². The Morgan fingerprint density at radius 1 is 1.20 bits per heavy atom. The average Bonchev–Trinajstić information content (AvgIpc) is 2.42. The van der Waals surface area contributed by atoms with Gasteiger partial charge in [0.1, 0.15) is 0 Å². The van der Waals surface area contributed by atoms with E-state index in [1.54, 1.807) is 0 Å². The number of benzene rings is 1. The van der Waals surface area contributed by atoms with Crippen molar-refractivity contribution in [2.75, 3.05) is 11.9 Å². The van der Waals surface area contributed by atoms with Gasteiger partial charge in [-0.3, -0.25) is 4.98 Å². The molecule has 0 atom stereocenters. The molecule has 1 aromatic carbocycles. The van der Waals surface area contributed by atoms with Gasteiger partial charge < -0.3 is 5.32 Å². The molecule has 0 amide bonds. The summed E-state index contributed by atoms with van der Waals surface area (Å²) < 4.78 is 0. The Labute approximate surface area is 130 Å². The van der Waals surface area contributed by atoms with Crippen LogP contribution in [0.4, 0.5) is 5.69 Å². The first kappa shape index (κ1) is 15.4. The summed E-state index contributed by atoms with van der Waals surface area (Å²) in [5.74, 6) is 0. The summed E-state index contributed by atoms with van der Waals surface area (Å²) in [5.41, 5.74) is 5.09. The molecule has 2 nitrogen and oxygen atoms in total. The number of fused-ring (bicyclic) bond motifs is 1. The number of aromatic nitrogens is 1. The van der Waals surface area contributed by atoms with Gasteiger partial charge in [-0.05, 0) is 43.9 Å². The first-order valence-corrected chi connectivity index (χ1v) is 7.78. The maximum absolute atomic E-state index is 6.52. The van der Waals surface area contributed by atoms with Crippen LogP contribution in [0.3, 0.4) is 0 Å². The fraction of sp³-hybridized carbons (Fsp3) is 0.438. The number of halogens is 2. The molecule has 1 aromatic heterocycles. The summed E-state index contributed by atoms with van der Waals surface area (Å²) in [6.07, 6.45) is 1.98. The number of nitrogens with one attached hydrogen (secondary N) is 1. The summed E-state index contributed by atoms with van der Waals surface area (Å²) in [4.78, 5) is 4.66. The number of hydrogen-bond acceptors (Lipinski definition) is 2. The maximum Gasteiger partial charge on any atom is 0.0927 e. The highest BCUT2D eigenvalue weighted by Crippen LogP contribution is 2.39. The summed E-state index contributed by atoms with van der Waals surface area (Å²) in [7, 11) is 0. The van der Waals surface area contributed by atoms with Crippen molar-refractivity contribution >= 4 is 39.8 Å². The van der Waals surface area contributed by atoms with E-state index < -0.39 is 0 Å². The molecule has 1 N–H and O–H groups in total. The molecule has 0 unspecified atom stereocenters. The molecule has 0 spiro atoms. The van der Waals surface area contributed by atoms with Crippen molar-refractivity contribution in [1.29, 1.82) is 0 Å². The Bertz CT molecular complexity index is 651. The van der Waals surface area contributed by atoms with Crippen molar-refractivity contribution in [2.24, 2.45) is 0 Å². The zero-order valence-electron chi connectivity index (χ0n) is 12.4. The quantitative estimate of drug-likeness (QED) is 0.801. The summed E-state index contributed by atoms with van der Waals surface area (Å²) >= 11 is 12.9. The lowest BCUT2D eigenvalue weighted by atomic mass is 10.0. The van der Waals surface area contributed by atoms with E-state index in [0.717, 1.165) is 52.3 Å². The highest BCUT2D eigenvalue weighted by atomic mass is 35.5. The highest BCUT2D eigenvalue weighted by Gasteiger charge is 2.17. The Morgan fingerprint density at radius 3 is 2.50 bits per heavy atom. The Kier molecular flexibility index (Phi) is 4.77. The Morgan fingerprint density at radius 2 is 1.90 bits per heavy atom. The monoisotopic (exact) mass is 310 g/mol. The second-order valence-electron chi connectivity index (χ2n) is 5.04. The smallest absolute Gasteiger partial charge is 0.0927 e. The van der Waals surface area contributed by atoms with Gasteiger partial charge >= 0.3 is 0 Å². The molecule has 0 bridgehead atoms. The third-order valence-electron chi connectivity index (χ3n) is 3.55. The molecule has 108 valence electrons.